The van der Waals surface area contributed by atoms with Crippen LogP contribution in [-0.2, 0) is 0 Å². The molecule has 1 atom stereocenters. The zero-order chi connectivity index (χ0) is 14.7. The number of fused-ring (bicyclic) bond motifs is 1. The van der Waals surface area contributed by atoms with Crippen LogP contribution in [0, 0.1) is 0 Å². The number of oxime groups is 1. The first-order valence-electron chi connectivity index (χ1n) is 6.30. The van der Waals surface area contributed by atoms with Gasteiger partial charge in [-0.15, -0.1) is 0 Å². The molecule has 6 heteroatoms. The Morgan fingerprint density at radius 1 is 1.45 bits per heavy atom. The average molecular weight is 274 g/mol. The molecule has 1 aromatic carbocycles. The number of anilines is 1. The Morgan fingerprint density at radius 3 is 2.80 bits per heavy atom. The van der Waals surface area contributed by atoms with Crippen LogP contribution in [-0.4, -0.2) is 40.8 Å². The second-order valence-corrected chi connectivity index (χ2v) is 4.68. The van der Waals surface area contributed by atoms with Crippen molar-refractivity contribution in [2.75, 3.05) is 18.6 Å². The van der Waals surface area contributed by atoms with E-state index in [0.29, 0.717) is 11.4 Å². The molecule has 20 heavy (non-hydrogen) atoms. The molecule has 1 heterocycles. The number of aliphatic hydroxyl groups is 1. The highest BCUT2D eigenvalue weighted by Gasteiger charge is 2.18. The van der Waals surface area contributed by atoms with Gasteiger partial charge in [0.05, 0.1) is 23.7 Å². The highest BCUT2D eigenvalue weighted by atomic mass is 16.4. The third-order valence-electron chi connectivity index (χ3n) is 3.35. The monoisotopic (exact) mass is 274 g/mol. The maximum Gasteiger partial charge on any atom is 0.173 e. The molecule has 0 saturated carbocycles. The number of nitrogens with zero attached hydrogens (tertiary/aromatic N) is 3. The number of nitrogens with two attached hydrogens (primary N) is 1. The van der Waals surface area contributed by atoms with Crippen molar-refractivity contribution in [3.8, 4) is 0 Å². The topological polar surface area (TPSA) is 95.0 Å². The molecule has 0 fully saturated rings. The lowest BCUT2D eigenvalue weighted by Gasteiger charge is -2.26. The van der Waals surface area contributed by atoms with Crippen molar-refractivity contribution in [1.29, 1.82) is 0 Å². The molecule has 6 nitrogen and oxygen atoms in total. The van der Waals surface area contributed by atoms with Gasteiger partial charge in [-0.1, -0.05) is 23.4 Å². The van der Waals surface area contributed by atoms with Crippen molar-refractivity contribution in [3.05, 3.63) is 35.9 Å². The van der Waals surface area contributed by atoms with E-state index in [9.17, 15) is 5.11 Å². The molecule has 0 amide bonds. The van der Waals surface area contributed by atoms with E-state index in [1.54, 1.807) is 4.90 Å². The van der Waals surface area contributed by atoms with Crippen molar-refractivity contribution in [2.45, 2.75) is 13.0 Å². The number of amidine groups is 1. The molecular formula is C14H18N4O2. The number of likely N-dealkylation sites (N-methyl/N-ethyl adjacent to an activating group) is 1. The Bertz CT molecular complexity index is 642. The van der Waals surface area contributed by atoms with Crippen molar-refractivity contribution >= 4 is 22.6 Å². The van der Waals surface area contributed by atoms with E-state index in [4.69, 9.17) is 10.9 Å². The third kappa shape index (κ3) is 2.50. The minimum absolute atomic E-state index is 0.00440. The minimum atomic E-state index is -0.131. The summed E-state index contributed by atoms with van der Waals surface area (Å²) >= 11 is 0. The zero-order valence-electron chi connectivity index (χ0n) is 11.5. The first-order valence-corrected chi connectivity index (χ1v) is 6.30. The first-order chi connectivity index (χ1) is 9.58. The van der Waals surface area contributed by atoms with Crippen LogP contribution < -0.4 is 10.6 Å². The Labute approximate surface area is 117 Å². The number of aromatic nitrogens is 1. The fourth-order valence-corrected chi connectivity index (χ4v) is 1.95. The maximum absolute atomic E-state index is 9.29. The summed E-state index contributed by atoms with van der Waals surface area (Å²) in [7, 11) is 1.81. The molecule has 0 bridgehead atoms. The van der Waals surface area contributed by atoms with E-state index in [1.165, 1.54) is 0 Å². The Morgan fingerprint density at radius 2 is 2.15 bits per heavy atom. The molecule has 0 saturated heterocycles. The second-order valence-electron chi connectivity index (χ2n) is 4.68. The van der Waals surface area contributed by atoms with Crippen molar-refractivity contribution in [3.63, 3.8) is 0 Å². The molecule has 4 N–H and O–H groups in total. The summed E-state index contributed by atoms with van der Waals surface area (Å²) in [6, 6.07) is 9.31. The van der Waals surface area contributed by atoms with E-state index in [1.807, 2.05) is 44.3 Å². The van der Waals surface area contributed by atoms with Gasteiger partial charge in [0.2, 0.25) is 0 Å². The summed E-state index contributed by atoms with van der Waals surface area (Å²) in [5.74, 6) is 0.566. The van der Waals surface area contributed by atoms with E-state index < -0.39 is 0 Å². The summed E-state index contributed by atoms with van der Waals surface area (Å²) in [4.78, 5) is 6.36. The molecule has 0 spiro atoms. The highest BCUT2D eigenvalue weighted by Crippen LogP contribution is 2.24. The van der Waals surface area contributed by atoms with E-state index in [0.717, 1.165) is 10.9 Å². The summed E-state index contributed by atoms with van der Waals surface area (Å²) < 4.78 is 0. The van der Waals surface area contributed by atoms with Gasteiger partial charge in [0.15, 0.2) is 5.84 Å². The third-order valence-corrected chi connectivity index (χ3v) is 3.35. The van der Waals surface area contributed by atoms with Crippen LogP contribution in [0.5, 0.6) is 0 Å². The first kappa shape index (κ1) is 14.1. The largest absolute Gasteiger partial charge is 0.409 e. The molecule has 106 valence electrons. The van der Waals surface area contributed by atoms with Crippen molar-refractivity contribution in [2.24, 2.45) is 10.9 Å². The Balaban J connectivity index is 2.66. The van der Waals surface area contributed by atoms with E-state index in [2.05, 4.69) is 10.1 Å². The second kappa shape index (κ2) is 5.75. The lowest BCUT2D eigenvalue weighted by Crippen LogP contribution is -2.34. The molecule has 0 aliphatic rings. The molecule has 1 aromatic heterocycles. The van der Waals surface area contributed by atoms with Gasteiger partial charge < -0.3 is 20.9 Å². The molecule has 0 aliphatic heterocycles. The van der Waals surface area contributed by atoms with Crippen LogP contribution >= 0.6 is 0 Å². The molecule has 1 unspecified atom stereocenters. The average Bonchev–Trinajstić information content (AvgIpc) is 2.51. The normalized spacial score (nSPS) is 13.4. The number of rotatable bonds is 4. The lowest BCUT2D eigenvalue weighted by molar-refractivity contribution is 0.270. The van der Waals surface area contributed by atoms with Crippen LogP contribution in [0.15, 0.2) is 35.5 Å². The van der Waals surface area contributed by atoms with Crippen LogP contribution in [0.4, 0.5) is 5.82 Å². The van der Waals surface area contributed by atoms with Crippen LogP contribution in [0.2, 0.25) is 0 Å². The van der Waals surface area contributed by atoms with Gasteiger partial charge in [-0.05, 0) is 19.1 Å². The smallest absolute Gasteiger partial charge is 0.173 e. The number of benzene rings is 1. The number of hydrogen-bond donors (Lipinski definition) is 3. The number of hydrogen-bond acceptors (Lipinski definition) is 5. The van der Waals surface area contributed by atoms with Crippen molar-refractivity contribution in [1.82, 2.24) is 4.98 Å². The van der Waals surface area contributed by atoms with Gasteiger partial charge in [0.25, 0.3) is 0 Å². The molecule has 2 rings (SSSR count). The molecule has 2 aromatic rings. The number of para-hydroxylation sites is 1. The quantitative estimate of drug-likeness (QED) is 0.336. The van der Waals surface area contributed by atoms with Gasteiger partial charge in [-0.3, -0.25) is 0 Å². The van der Waals surface area contributed by atoms with Crippen LogP contribution in [0.1, 0.15) is 12.5 Å². The van der Waals surface area contributed by atoms with Gasteiger partial charge in [0, 0.05) is 12.4 Å². The molecule has 0 radical (unpaired) electrons. The Kier molecular flexibility index (Phi) is 4.05. The van der Waals surface area contributed by atoms with Crippen molar-refractivity contribution < 1.29 is 10.3 Å². The van der Waals surface area contributed by atoms with Gasteiger partial charge >= 0.3 is 0 Å². The minimum Gasteiger partial charge on any atom is -0.409 e. The zero-order valence-corrected chi connectivity index (χ0v) is 11.5. The SMILES string of the molecule is CC(CO)N(C)c1nc2ccccc2cc1/C(N)=N/O. The Hall–Kier alpha value is -2.34. The van der Waals surface area contributed by atoms with Gasteiger partial charge in [-0.25, -0.2) is 4.98 Å². The fraction of sp³-hybridized carbons (Fsp3) is 0.286. The van der Waals surface area contributed by atoms with Crippen LogP contribution in [0.25, 0.3) is 10.9 Å². The summed E-state index contributed by atoms with van der Waals surface area (Å²) in [6.07, 6.45) is 0. The lowest BCUT2D eigenvalue weighted by atomic mass is 10.1. The predicted molar refractivity (Wildman–Crippen MR) is 79.2 cm³/mol. The predicted octanol–water partition coefficient (Wildman–Crippen LogP) is 1.15. The summed E-state index contributed by atoms with van der Waals surface area (Å²) in [5, 5.41) is 22.2. The summed E-state index contributed by atoms with van der Waals surface area (Å²) in [5.41, 5.74) is 7.09. The number of pyridine rings is 1. The molecule has 0 aliphatic carbocycles. The maximum atomic E-state index is 9.29. The fourth-order valence-electron chi connectivity index (χ4n) is 1.95. The molecular weight excluding hydrogens is 256 g/mol. The van der Waals surface area contributed by atoms with Crippen LogP contribution in [0.3, 0.4) is 0 Å². The van der Waals surface area contributed by atoms with E-state index >= 15 is 0 Å². The highest BCUT2D eigenvalue weighted by molar-refractivity contribution is 6.04. The van der Waals surface area contributed by atoms with E-state index in [-0.39, 0.29) is 18.5 Å². The standard InChI is InChI=1S/C14H18N4O2/c1-9(8-19)18(2)14-11(13(15)17-20)7-10-5-3-4-6-12(10)16-14/h3-7,9,19-20H,8H2,1-2H3,(H2,15,17). The summed E-state index contributed by atoms with van der Waals surface area (Å²) in [6.45, 7) is 1.85. The number of aliphatic hydroxyl groups excluding tert-OH is 1. The van der Waals surface area contributed by atoms with Gasteiger partial charge in [-0.2, -0.15) is 0 Å². The van der Waals surface area contributed by atoms with Gasteiger partial charge in [0.1, 0.15) is 5.82 Å².